The number of aromatic nitrogens is 4. The molecule has 5 nitrogen and oxygen atoms in total. The summed E-state index contributed by atoms with van der Waals surface area (Å²) in [4.78, 5) is 16.3. The van der Waals surface area contributed by atoms with Gasteiger partial charge in [0.05, 0.1) is 9.21 Å². The number of nitrogens with zero attached hydrogens (tertiary/aromatic N) is 3. The van der Waals surface area contributed by atoms with Crippen LogP contribution in [-0.2, 0) is 0 Å². The highest BCUT2D eigenvalue weighted by Crippen LogP contribution is 2.30. The van der Waals surface area contributed by atoms with Crippen molar-refractivity contribution in [1.29, 1.82) is 0 Å². The molecule has 0 amide bonds. The normalized spacial score (nSPS) is 11.1. The number of fused-ring (bicyclic) bond motifs is 1. The van der Waals surface area contributed by atoms with E-state index >= 15 is 0 Å². The number of nitrogens with two attached hydrogens (primary N) is 1. The summed E-state index contributed by atoms with van der Waals surface area (Å²) in [5.41, 5.74) is 6.92. The van der Waals surface area contributed by atoms with Gasteiger partial charge in [-0.15, -0.1) is 11.3 Å². The van der Waals surface area contributed by atoms with Crippen LogP contribution in [0.3, 0.4) is 0 Å². The lowest BCUT2D eigenvalue weighted by Gasteiger charge is -1.90. The quantitative estimate of drug-likeness (QED) is 0.696. The van der Waals surface area contributed by atoms with Crippen LogP contribution < -0.4 is 5.73 Å². The van der Waals surface area contributed by atoms with Crippen molar-refractivity contribution in [2.75, 3.05) is 5.73 Å². The fourth-order valence-electron chi connectivity index (χ4n) is 1.40. The van der Waals surface area contributed by atoms with Crippen molar-refractivity contribution in [3.05, 3.63) is 22.8 Å². The Morgan fingerprint density at radius 1 is 1.31 bits per heavy atom. The Morgan fingerprint density at radius 3 is 2.88 bits per heavy atom. The molecule has 0 unspecified atom stereocenters. The molecule has 3 N–H and O–H groups in total. The molecule has 0 radical (unpaired) electrons. The summed E-state index contributed by atoms with van der Waals surface area (Å²) in [6.07, 6.45) is 1.39. The van der Waals surface area contributed by atoms with Crippen LogP contribution in [0.4, 0.5) is 5.82 Å². The predicted molar refractivity (Wildman–Crippen MR) is 64.4 cm³/mol. The lowest BCUT2D eigenvalue weighted by molar-refractivity contribution is 1.21. The average Bonchev–Trinajstić information content (AvgIpc) is 2.84. The second-order valence-corrected chi connectivity index (χ2v) is 4.86. The molecule has 0 bridgehead atoms. The lowest BCUT2D eigenvalue weighted by Crippen LogP contribution is -1.91. The molecule has 7 heteroatoms. The maximum atomic E-state index is 5.86. The number of hydrogen-bond acceptors (Lipinski definition) is 5. The van der Waals surface area contributed by atoms with E-state index in [1.165, 1.54) is 17.7 Å². The van der Waals surface area contributed by atoms with Gasteiger partial charge in [-0.1, -0.05) is 11.6 Å². The van der Waals surface area contributed by atoms with Crippen molar-refractivity contribution in [2.45, 2.75) is 0 Å². The summed E-state index contributed by atoms with van der Waals surface area (Å²) < 4.78 is 0.717. The van der Waals surface area contributed by atoms with Gasteiger partial charge in [-0.3, -0.25) is 0 Å². The van der Waals surface area contributed by atoms with Crippen molar-refractivity contribution >= 4 is 39.9 Å². The van der Waals surface area contributed by atoms with Crippen LogP contribution in [-0.4, -0.2) is 19.9 Å². The molecule has 0 fully saturated rings. The number of aromatic amines is 1. The van der Waals surface area contributed by atoms with Gasteiger partial charge in [0, 0.05) is 0 Å². The van der Waals surface area contributed by atoms with E-state index < -0.39 is 0 Å². The Morgan fingerprint density at radius 2 is 2.19 bits per heavy atom. The van der Waals surface area contributed by atoms with Crippen molar-refractivity contribution in [2.24, 2.45) is 0 Å². The third-order valence-corrected chi connectivity index (χ3v) is 3.36. The molecule has 3 rings (SSSR count). The maximum Gasteiger partial charge on any atom is 0.183 e. The SMILES string of the molecule is Nc1ncnc2nc(-c3ccc(Cl)s3)[nH]c12. The molecule has 0 saturated carbocycles. The average molecular weight is 252 g/mol. The van der Waals surface area contributed by atoms with Crippen LogP contribution in [0.2, 0.25) is 4.34 Å². The Balaban J connectivity index is 2.22. The van der Waals surface area contributed by atoms with Crippen molar-refractivity contribution in [1.82, 2.24) is 19.9 Å². The van der Waals surface area contributed by atoms with Gasteiger partial charge in [-0.05, 0) is 12.1 Å². The molecule has 0 aliphatic rings. The second kappa shape index (κ2) is 3.43. The van der Waals surface area contributed by atoms with Crippen LogP contribution >= 0.6 is 22.9 Å². The zero-order valence-electron chi connectivity index (χ0n) is 7.94. The fourth-order valence-corrected chi connectivity index (χ4v) is 2.39. The van der Waals surface area contributed by atoms with E-state index in [9.17, 15) is 0 Å². The van der Waals surface area contributed by atoms with Crippen LogP contribution in [0.15, 0.2) is 18.5 Å². The number of hydrogen-bond donors (Lipinski definition) is 2. The number of H-pyrrole nitrogens is 1. The number of nitrogen functional groups attached to an aromatic ring is 1. The van der Waals surface area contributed by atoms with E-state index in [0.717, 1.165) is 9.21 Å². The van der Waals surface area contributed by atoms with Crippen LogP contribution in [0.5, 0.6) is 0 Å². The minimum Gasteiger partial charge on any atom is -0.382 e. The monoisotopic (exact) mass is 251 g/mol. The molecule has 0 spiro atoms. The Hall–Kier alpha value is -1.66. The van der Waals surface area contributed by atoms with Gasteiger partial charge in [0.25, 0.3) is 0 Å². The minimum atomic E-state index is 0.395. The zero-order chi connectivity index (χ0) is 11.1. The Bertz CT molecular complexity index is 659. The molecule has 0 aliphatic carbocycles. The summed E-state index contributed by atoms with van der Waals surface area (Å²) in [6, 6.07) is 3.72. The van der Waals surface area contributed by atoms with E-state index in [-0.39, 0.29) is 0 Å². The molecule has 0 aromatic carbocycles. The molecule has 16 heavy (non-hydrogen) atoms. The summed E-state index contributed by atoms with van der Waals surface area (Å²) in [5.74, 6) is 1.10. The van der Waals surface area contributed by atoms with E-state index in [2.05, 4.69) is 19.9 Å². The van der Waals surface area contributed by atoms with E-state index in [1.54, 1.807) is 0 Å². The number of halogens is 1. The van der Waals surface area contributed by atoms with Gasteiger partial charge in [-0.2, -0.15) is 0 Å². The highest BCUT2D eigenvalue weighted by atomic mass is 35.5. The molecule has 0 atom stereocenters. The van der Waals surface area contributed by atoms with Crippen LogP contribution in [0.1, 0.15) is 0 Å². The van der Waals surface area contributed by atoms with Gasteiger partial charge < -0.3 is 10.7 Å². The summed E-state index contributed by atoms with van der Waals surface area (Å²) >= 11 is 7.31. The first kappa shape index (κ1) is 9.56. The van der Waals surface area contributed by atoms with Gasteiger partial charge in [0.1, 0.15) is 11.8 Å². The summed E-state index contributed by atoms with van der Waals surface area (Å²) in [7, 11) is 0. The smallest absolute Gasteiger partial charge is 0.183 e. The molecule has 3 aromatic heterocycles. The molecular weight excluding hydrogens is 246 g/mol. The largest absolute Gasteiger partial charge is 0.382 e. The molecule has 3 aromatic rings. The van der Waals surface area contributed by atoms with Crippen LogP contribution in [0, 0.1) is 0 Å². The van der Waals surface area contributed by atoms with Crippen LogP contribution in [0.25, 0.3) is 21.9 Å². The first-order valence-corrected chi connectivity index (χ1v) is 5.65. The van der Waals surface area contributed by atoms with Gasteiger partial charge >= 0.3 is 0 Å². The molecule has 3 heterocycles. The number of thiophene rings is 1. The number of nitrogens with one attached hydrogen (secondary N) is 1. The summed E-state index contributed by atoms with van der Waals surface area (Å²) in [6.45, 7) is 0. The van der Waals surface area contributed by atoms with Gasteiger partial charge in [0.15, 0.2) is 17.3 Å². The van der Waals surface area contributed by atoms with Gasteiger partial charge in [0.2, 0.25) is 0 Å². The van der Waals surface area contributed by atoms with Crippen molar-refractivity contribution in [3.63, 3.8) is 0 Å². The third-order valence-electron chi connectivity index (χ3n) is 2.12. The zero-order valence-corrected chi connectivity index (χ0v) is 9.51. The number of imidazole rings is 1. The molecule has 0 saturated heterocycles. The van der Waals surface area contributed by atoms with E-state index in [0.29, 0.717) is 22.8 Å². The lowest BCUT2D eigenvalue weighted by atomic mass is 10.4. The van der Waals surface area contributed by atoms with E-state index in [1.807, 2.05) is 12.1 Å². The van der Waals surface area contributed by atoms with Crippen molar-refractivity contribution < 1.29 is 0 Å². The Labute approximate surface area is 99.3 Å². The maximum absolute atomic E-state index is 5.86. The van der Waals surface area contributed by atoms with Crippen molar-refractivity contribution in [3.8, 4) is 10.7 Å². The first-order valence-electron chi connectivity index (χ1n) is 4.46. The Kier molecular flexibility index (Phi) is 2.05. The highest BCUT2D eigenvalue weighted by molar-refractivity contribution is 7.19. The highest BCUT2D eigenvalue weighted by Gasteiger charge is 2.10. The first-order chi connectivity index (χ1) is 7.74. The summed E-state index contributed by atoms with van der Waals surface area (Å²) in [5, 5.41) is 0. The second-order valence-electron chi connectivity index (χ2n) is 3.15. The predicted octanol–water partition coefficient (Wildman–Crippen LogP) is 2.32. The standard InChI is InChI=1S/C9H6ClN5S/c10-5-2-1-4(16-5)8-14-6-7(11)12-3-13-9(6)15-8/h1-3H,(H3,11,12,13,14,15). The molecular formula is C9H6ClN5S. The fraction of sp³-hybridized carbons (Fsp3) is 0. The minimum absolute atomic E-state index is 0.395. The number of rotatable bonds is 1. The van der Waals surface area contributed by atoms with E-state index in [4.69, 9.17) is 17.3 Å². The topological polar surface area (TPSA) is 80.5 Å². The van der Waals surface area contributed by atoms with Gasteiger partial charge in [-0.25, -0.2) is 15.0 Å². The molecule has 0 aliphatic heterocycles. The molecule has 80 valence electrons. The number of anilines is 1. The third kappa shape index (κ3) is 1.43.